The standard InChI is InChI=1S/C17H19F2NO7/c1-8(12(15(22)25-2)16(23)26-3)13(17(24)27-4)20-14(21)9-5-6-10(18)11(19)7-9/h5-8,12-13H,1-4H3,(H,20,21)/t8-,13-/m0/s1. The van der Waals surface area contributed by atoms with E-state index in [0.717, 1.165) is 33.5 Å². The molecule has 0 saturated carbocycles. The van der Waals surface area contributed by atoms with Gasteiger partial charge in [0.25, 0.3) is 5.91 Å². The summed E-state index contributed by atoms with van der Waals surface area (Å²) in [4.78, 5) is 48.3. The molecule has 0 unspecified atom stereocenters. The van der Waals surface area contributed by atoms with E-state index in [-0.39, 0.29) is 5.56 Å². The van der Waals surface area contributed by atoms with Crippen molar-refractivity contribution in [1.82, 2.24) is 5.32 Å². The summed E-state index contributed by atoms with van der Waals surface area (Å²) in [6.45, 7) is 1.33. The Balaban J connectivity index is 3.18. The average Bonchev–Trinajstić information content (AvgIpc) is 2.66. The molecule has 2 atom stereocenters. The number of rotatable bonds is 7. The maximum atomic E-state index is 13.3. The molecule has 1 rings (SSSR count). The minimum absolute atomic E-state index is 0.275. The highest BCUT2D eigenvalue weighted by Gasteiger charge is 2.42. The van der Waals surface area contributed by atoms with Crippen LogP contribution in [-0.2, 0) is 28.6 Å². The van der Waals surface area contributed by atoms with Crippen molar-refractivity contribution in [2.45, 2.75) is 13.0 Å². The average molecular weight is 387 g/mol. The highest BCUT2D eigenvalue weighted by Crippen LogP contribution is 2.21. The van der Waals surface area contributed by atoms with Gasteiger partial charge >= 0.3 is 17.9 Å². The molecule has 1 aromatic rings. The first-order valence-electron chi connectivity index (χ1n) is 7.67. The SMILES string of the molecule is COC(=O)C(C(=O)OC)[C@H](C)[C@H](NC(=O)c1ccc(F)c(F)c1)C(=O)OC. The van der Waals surface area contributed by atoms with Crippen molar-refractivity contribution in [3.63, 3.8) is 0 Å². The van der Waals surface area contributed by atoms with Gasteiger partial charge in [-0.25, -0.2) is 13.6 Å². The predicted molar refractivity (Wildman–Crippen MR) is 86.3 cm³/mol. The maximum Gasteiger partial charge on any atom is 0.328 e. The highest BCUT2D eigenvalue weighted by molar-refractivity contribution is 5.99. The molecule has 0 spiro atoms. The molecule has 10 heteroatoms. The van der Waals surface area contributed by atoms with Crippen molar-refractivity contribution in [3.8, 4) is 0 Å². The largest absolute Gasteiger partial charge is 0.468 e. The quantitative estimate of drug-likeness (QED) is 0.419. The van der Waals surface area contributed by atoms with E-state index in [0.29, 0.717) is 6.07 Å². The molecule has 8 nitrogen and oxygen atoms in total. The summed E-state index contributed by atoms with van der Waals surface area (Å²) in [6.07, 6.45) is 0. The number of benzene rings is 1. The lowest BCUT2D eigenvalue weighted by Gasteiger charge is -2.27. The molecule has 0 bridgehead atoms. The van der Waals surface area contributed by atoms with Crippen molar-refractivity contribution < 1.29 is 42.2 Å². The molecule has 1 aromatic carbocycles. The van der Waals surface area contributed by atoms with Crippen LogP contribution in [0.4, 0.5) is 8.78 Å². The molecule has 0 fully saturated rings. The monoisotopic (exact) mass is 387 g/mol. The van der Waals surface area contributed by atoms with E-state index >= 15 is 0 Å². The summed E-state index contributed by atoms with van der Waals surface area (Å²) in [6, 6.07) is 0.915. The van der Waals surface area contributed by atoms with Gasteiger partial charge < -0.3 is 19.5 Å². The number of halogens is 2. The number of carbonyl (C=O) groups excluding carboxylic acids is 4. The van der Waals surface area contributed by atoms with Crippen molar-refractivity contribution in [1.29, 1.82) is 0 Å². The zero-order valence-corrected chi connectivity index (χ0v) is 15.1. The van der Waals surface area contributed by atoms with Gasteiger partial charge in [-0.3, -0.25) is 14.4 Å². The van der Waals surface area contributed by atoms with Gasteiger partial charge in [-0.1, -0.05) is 6.92 Å². The van der Waals surface area contributed by atoms with Crippen LogP contribution in [0.3, 0.4) is 0 Å². The fourth-order valence-electron chi connectivity index (χ4n) is 2.37. The van der Waals surface area contributed by atoms with Crippen LogP contribution < -0.4 is 5.32 Å². The first kappa shape index (κ1) is 22.0. The summed E-state index contributed by atoms with van der Waals surface area (Å²) in [5.74, 6) is -8.94. The van der Waals surface area contributed by atoms with Crippen LogP contribution in [0, 0.1) is 23.5 Å². The lowest BCUT2D eigenvalue weighted by molar-refractivity contribution is -0.162. The Bertz CT molecular complexity index is 722. The van der Waals surface area contributed by atoms with E-state index in [9.17, 15) is 28.0 Å². The number of hydrogen-bond acceptors (Lipinski definition) is 7. The topological polar surface area (TPSA) is 108 Å². The first-order chi connectivity index (χ1) is 12.7. The molecular weight excluding hydrogens is 368 g/mol. The number of esters is 3. The number of ether oxygens (including phenoxy) is 3. The Morgan fingerprint density at radius 1 is 0.889 bits per heavy atom. The van der Waals surface area contributed by atoms with Crippen LogP contribution in [-0.4, -0.2) is 51.2 Å². The summed E-state index contributed by atoms with van der Waals surface area (Å²) in [5.41, 5.74) is -0.275. The van der Waals surface area contributed by atoms with Gasteiger partial charge in [-0.15, -0.1) is 0 Å². The predicted octanol–water partition coefficient (Wildman–Crippen LogP) is 0.834. The van der Waals surface area contributed by atoms with Crippen LogP contribution in [0.1, 0.15) is 17.3 Å². The third kappa shape index (κ3) is 5.22. The van der Waals surface area contributed by atoms with Gasteiger partial charge in [0.15, 0.2) is 17.6 Å². The second-order valence-electron chi connectivity index (χ2n) is 5.49. The van der Waals surface area contributed by atoms with Gasteiger partial charge in [0.05, 0.1) is 21.3 Å². The Kier molecular flexibility index (Phi) is 7.82. The second-order valence-corrected chi connectivity index (χ2v) is 5.49. The van der Waals surface area contributed by atoms with Crippen LogP contribution >= 0.6 is 0 Å². The Morgan fingerprint density at radius 3 is 1.85 bits per heavy atom. The minimum Gasteiger partial charge on any atom is -0.468 e. The molecule has 148 valence electrons. The van der Waals surface area contributed by atoms with Crippen molar-refractivity contribution in [3.05, 3.63) is 35.4 Å². The summed E-state index contributed by atoms with van der Waals surface area (Å²) in [5, 5.41) is 2.25. The first-order valence-corrected chi connectivity index (χ1v) is 7.67. The van der Waals surface area contributed by atoms with Crippen LogP contribution in [0.2, 0.25) is 0 Å². The maximum absolute atomic E-state index is 13.3. The van der Waals surface area contributed by atoms with Crippen LogP contribution in [0.25, 0.3) is 0 Å². The van der Waals surface area contributed by atoms with Crippen molar-refractivity contribution in [2.24, 2.45) is 11.8 Å². The molecule has 0 radical (unpaired) electrons. The Morgan fingerprint density at radius 2 is 1.41 bits per heavy atom. The Labute approximate surface area is 153 Å². The van der Waals surface area contributed by atoms with E-state index in [1.165, 1.54) is 6.92 Å². The lowest BCUT2D eigenvalue weighted by atomic mass is 9.87. The molecule has 0 saturated heterocycles. The molecule has 0 aliphatic rings. The van der Waals surface area contributed by atoms with E-state index in [4.69, 9.17) is 0 Å². The van der Waals surface area contributed by atoms with Gasteiger partial charge in [0.2, 0.25) is 0 Å². The van der Waals surface area contributed by atoms with E-state index < -0.39 is 53.3 Å². The third-order valence-corrected chi connectivity index (χ3v) is 3.89. The van der Waals surface area contributed by atoms with Crippen molar-refractivity contribution in [2.75, 3.05) is 21.3 Å². The fourth-order valence-corrected chi connectivity index (χ4v) is 2.37. The molecule has 0 aromatic heterocycles. The minimum atomic E-state index is -1.53. The number of carbonyl (C=O) groups is 4. The third-order valence-electron chi connectivity index (χ3n) is 3.89. The number of amides is 1. The van der Waals surface area contributed by atoms with E-state index in [1.807, 2.05) is 0 Å². The van der Waals surface area contributed by atoms with Gasteiger partial charge in [0.1, 0.15) is 6.04 Å². The molecule has 1 N–H and O–H groups in total. The highest BCUT2D eigenvalue weighted by atomic mass is 19.2. The van der Waals surface area contributed by atoms with Crippen LogP contribution in [0.15, 0.2) is 18.2 Å². The van der Waals surface area contributed by atoms with Gasteiger partial charge in [0, 0.05) is 11.5 Å². The van der Waals surface area contributed by atoms with Gasteiger partial charge in [-0.05, 0) is 18.2 Å². The fraction of sp³-hybridized carbons (Fsp3) is 0.412. The summed E-state index contributed by atoms with van der Waals surface area (Å²) in [7, 11) is 3.12. The van der Waals surface area contributed by atoms with Gasteiger partial charge in [-0.2, -0.15) is 0 Å². The zero-order valence-electron chi connectivity index (χ0n) is 15.1. The smallest absolute Gasteiger partial charge is 0.328 e. The molecule has 0 aliphatic carbocycles. The zero-order chi connectivity index (χ0) is 20.7. The molecule has 0 heterocycles. The Hall–Kier alpha value is -3.04. The van der Waals surface area contributed by atoms with E-state index in [2.05, 4.69) is 19.5 Å². The number of hydrogen-bond donors (Lipinski definition) is 1. The number of nitrogens with one attached hydrogen (secondary N) is 1. The molecule has 27 heavy (non-hydrogen) atoms. The molecular formula is C17H19F2NO7. The summed E-state index contributed by atoms with van der Waals surface area (Å²) < 4.78 is 40.0. The normalized spacial score (nSPS) is 12.7. The second kappa shape index (κ2) is 9.60. The molecule has 0 aliphatic heterocycles. The van der Waals surface area contributed by atoms with E-state index in [1.54, 1.807) is 0 Å². The number of methoxy groups -OCH3 is 3. The molecule has 1 amide bonds. The lowest BCUT2D eigenvalue weighted by Crippen LogP contribution is -2.51. The van der Waals surface area contributed by atoms with Crippen LogP contribution in [0.5, 0.6) is 0 Å². The summed E-state index contributed by atoms with van der Waals surface area (Å²) >= 11 is 0. The van der Waals surface area contributed by atoms with Crippen molar-refractivity contribution >= 4 is 23.8 Å².